The fourth-order valence-corrected chi connectivity index (χ4v) is 2.29. The van der Waals surface area contributed by atoms with Gasteiger partial charge in [-0.3, -0.25) is 10.1 Å². The van der Waals surface area contributed by atoms with Crippen molar-refractivity contribution in [2.75, 3.05) is 0 Å². The van der Waals surface area contributed by atoms with E-state index in [0.717, 1.165) is 0 Å². The standard InChI is InChI=1S/C15H10Cl3NO4/c16-12-8-6-10(7-9-12)13(15(17,18)19(21)22)23-14(20)11-4-2-1-3-5-11/h1-9,13H. The van der Waals surface area contributed by atoms with Crippen LogP contribution < -0.4 is 0 Å². The number of nitrogens with zero attached hydrogens (tertiary/aromatic N) is 1. The summed E-state index contributed by atoms with van der Waals surface area (Å²) in [5.41, 5.74) is 0.472. The number of hydrogen-bond donors (Lipinski definition) is 0. The molecule has 0 saturated heterocycles. The second-order valence-electron chi connectivity index (χ2n) is 4.55. The number of carbonyl (C=O) groups excluding carboxylic acids is 1. The van der Waals surface area contributed by atoms with Gasteiger partial charge in [0.25, 0.3) is 0 Å². The number of halogens is 3. The Hall–Kier alpha value is -1.82. The van der Waals surface area contributed by atoms with Crippen LogP contribution in [0.25, 0.3) is 0 Å². The molecule has 0 N–H and O–H groups in total. The van der Waals surface area contributed by atoms with Gasteiger partial charge in [-0.1, -0.05) is 41.9 Å². The highest BCUT2D eigenvalue weighted by Crippen LogP contribution is 2.40. The molecule has 0 aromatic heterocycles. The fourth-order valence-electron chi connectivity index (χ4n) is 1.82. The van der Waals surface area contributed by atoms with Crippen molar-refractivity contribution in [3.8, 4) is 0 Å². The molecule has 2 rings (SSSR count). The first-order chi connectivity index (χ1) is 10.8. The number of ether oxygens (including phenoxy) is 1. The molecule has 0 heterocycles. The topological polar surface area (TPSA) is 69.4 Å². The molecule has 0 aliphatic heterocycles. The van der Waals surface area contributed by atoms with Gasteiger partial charge in [0.15, 0.2) is 0 Å². The molecule has 5 nitrogen and oxygen atoms in total. The van der Waals surface area contributed by atoms with E-state index in [-0.39, 0.29) is 11.1 Å². The molecule has 0 fully saturated rings. The van der Waals surface area contributed by atoms with E-state index in [1.165, 1.54) is 36.4 Å². The predicted octanol–water partition coefficient (Wildman–Crippen LogP) is 4.65. The second kappa shape index (κ2) is 7.17. The third-order valence-corrected chi connectivity index (χ3v) is 3.89. The highest BCUT2D eigenvalue weighted by atomic mass is 35.5. The van der Waals surface area contributed by atoms with Crippen molar-refractivity contribution in [3.63, 3.8) is 0 Å². The summed E-state index contributed by atoms with van der Waals surface area (Å²) in [5.74, 6) is -0.780. The van der Waals surface area contributed by atoms with Crippen LogP contribution in [0.1, 0.15) is 22.0 Å². The maximum absolute atomic E-state index is 12.2. The smallest absolute Gasteiger partial charge is 0.411 e. The number of esters is 1. The van der Waals surface area contributed by atoms with Gasteiger partial charge in [0.2, 0.25) is 6.10 Å². The molecule has 0 saturated carbocycles. The van der Waals surface area contributed by atoms with Gasteiger partial charge in [0.05, 0.1) is 10.5 Å². The SMILES string of the molecule is O=C(OC(c1ccc(Cl)cc1)C(Cl)(Cl)[N+](=O)[O-])c1ccccc1. The van der Waals surface area contributed by atoms with Crippen molar-refractivity contribution >= 4 is 40.8 Å². The second-order valence-corrected chi connectivity index (χ2v) is 6.33. The molecular formula is C15H10Cl3NO4. The molecule has 0 amide bonds. The number of benzene rings is 2. The minimum atomic E-state index is -2.54. The van der Waals surface area contributed by atoms with E-state index in [1.807, 2.05) is 0 Å². The summed E-state index contributed by atoms with van der Waals surface area (Å²) in [7, 11) is 0. The molecule has 0 aliphatic carbocycles. The van der Waals surface area contributed by atoms with E-state index in [2.05, 4.69) is 0 Å². The van der Waals surface area contributed by atoms with E-state index in [0.29, 0.717) is 5.02 Å². The van der Waals surface area contributed by atoms with Crippen LogP contribution in [0.4, 0.5) is 0 Å². The first-order valence-corrected chi connectivity index (χ1v) is 7.49. The summed E-state index contributed by atoms with van der Waals surface area (Å²) in [6.07, 6.45) is -1.51. The number of rotatable bonds is 5. The van der Waals surface area contributed by atoms with Gasteiger partial charge in [0, 0.05) is 10.6 Å². The van der Waals surface area contributed by atoms with Crippen LogP contribution in [-0.4, -0.2) is 15.3 Å². The Morgan fingerprint density at radius 1 is 1.09 bits per heavy atom. The fraction of sp³-hybridized carbons (Fsp3) is 0.133. The zero-order valence-electron chi connectivity index (χ0n) is 11.5. The van der Waals surface area contributed by atoms with Gasteiger partial charge in [0.1, 0.15) is 0 Å². The summed E-state index contributed by atoms with van der Waals surface area (Å²) in [6.45, 7) is 0. The van der Waals surface area contributed by atoms with Crippen LogP contribution in [0.3, 0.4) is 0 Å². The first kappa shape index (κ1) is 17.5. The van der Waals surface area contributed by atoms with Crippen molar-refractivity contribution in [2.45, 2.75) is 10.6 Å². The van der Waals surface area contributed by atoms with Crippen molar-refractivity contribution in [3.05, 3.63) is 80.9 Å². The number of carbonyl (C=O) groups is 1. The van der Waals surface area contributed by atoms with E-state index < -0.39 is 21.5 Å². The summed E-state index contributed by atoms with van der Waals surface area (Å²) < 4.78 is 2.66. The predicted molar refractivity (Wildman–Crippen MR) is 87.5 cm³/mol. The highest BCUT2D eigenvalue weighted by molar-refractivity contribution is 6.47. The maximum atomic E-state index is 12.2. The van der Waals surface area contributed by atoms with E-state index in [4.69, 9.17) is 39.5 Å². The van der Waals surface area contributed by atoms with Crippen molar-refractivity contribution in [1.29, 1.82) is 0 Å². The van der Waals surface area contributed by atoms with Gasteiger partial charge < -0.3 is 4.74 Å². The third-order valence-electron chi connectivity index (χ3n) is 2.97. The number of nitro groups is 1. The molecule has 0 radical (unpaired) electrons. The van der Waals surface area contributed by atoms with E-state index in [9.17, 15) is 14.9 Å². The van der Waals surface area contributed by atoms with Crippen LogP contribution in [0.2, 0.25) is 5.02 Å². The molecule has 1 unspecified atom stereocenters. The zero-order valence-corrected chi connectivity index (χ0v) is 13.8. The molecule has 2 aromatic carbocycles. The Labute approximate surface area is 146 Å². The summed E-state index contributed by atoms with van der Waals surface area (Å²) in [5, 5.41) is 11.6. The lowest BCUT2D eigenvalue weighted by molar-refractivity contribution is -0.528. The van der Waals surface area contributed by atoms with Crippen molar-refractivity contribution in [2.24, 2.45) is 0 Å². The molecule has 0 spiro atoms. The minimum Gasteiger partial charge on any atom is -0.443 e. The lowest BCUT2D eigenvalue weighted by Crippen LogP contribution is -2.35. The Balaban J connectivity index is 2.36. The molecule has 23 heavy (non-hydrogen) atoms. The van der Waals surface area contributed by atoms with Crippen LogP contribution in [0, 0.1) is 10.1 Å². The van der Waals surface area contributed by atoms with Crippen molar-refractivity contribution in [1.82, 2.24) is 0 Å². The first-order valence-electron chi connectivity index (χ1n) is 6.36. The summed E-state index contributed by atoms with van der Waals surface area (Å²) in [6, 6.07) is 13.9. The van der Waals surface area contributed by atoms with Crippen LogP contribution in [0.5, 0.6) is 0 Å². The van der Waals surface area contributed by atoms with E-state index >= 15 is 0 Å². The monoisotopic (exact) mass is 373 g/mol. The molecule has 0 aliphatic rings. The molecular weight excluding hydrogens is 365 g/mol. The van der Waals surface area contributed by atoms with E-state index in [1.54, 1.807) is 18.2 Å². The Morgan fingerprint density at radius 3 is 2.17 bits per heavy atom. The Bertz CT molecular complexity index is 704. The van der Waals surface area contributed by atoms with Gasteiger partial charge in [-0.05, 0) is 47.5 Å². The lowest BCUT2D eigenvalue weighted by Gasteiger charge is -2.23. The quantitative estimate of drug-likeness (QED) is 0.251. The van der Waals surface area contributed by atoms with Crippen molar-refractivity contribution < 1.29 is 14.5 Å². The Kier molecular flexibility index (Phi) is 5.46. The molecule has 8 heteroatoms. The van der Waals surface area contributed by atoms with Gasteiger partial charge in [-0.2, -0.15) is 0 Å². The number of hydrogen-bond acceptors (Lipinski definition) is 4. The van der Waals surface area contributed by atoms with Crippen LogP contribution in [0.15, 0.2) is 54.6 Å². The number of alkyl halides is 2. The zero-order chi connectivity index (χ0) is 17.0. The normalized spacial score (nSPS) is 12.5. The van der Waals surface area contributed by atoms with Gasteiger partial charge in [-0.25, -0.2) is 4.79 Å². The molecule has 0 bridgehead atoms. The van der Waals surface area contributed by atoms with Gasteiger partial charge >= 0.3 is 10.4 Å². The average molecular weight is 375 g/mol. The summed E-state index contributed by atoms with van der Waals surface area (Å²) in [4.78, 5) is 22.4. The Morgan fingerprint density at radius 2 is 1.65 bits per heavy atom. The third kappa shape index (κ3) is 4.13. The summed E-state index contributed by atoms with van der Waals surface area (Å²) >= 11 is 17.4. The largest absolute Gasteiger partial charge is 0.443 e. The molecule has 1 atom stereocenters. The lowest BCUT2D eigenvalue weighted by atomic mass is 10.1. The maximum Gasteiger partial charge on any atom is 0.411 e. The molecule has 120 valence electrons. The van der Waals surface area contributed by atoms with Gasteiger partial charge in [-0.15, -0.1) is 0 Å². The van der Waals surface area contributed by atoms with Crippen LogP contribution in [-0.2, 0) is 4.74 Å². The highest BCUT2D eigenvalue weighted by Gasteiger charge is 2.51. The average Bonchev–Trinajstić information content (AvgIpc) is 2.54. The van der Waals surface area contributed by atoms with Crippen LogP contribution >= 0.6 is 34.8 Å². The minimum absolute atomic E-state index is 0.221. The molecule has 2 aromatic rings.